The highest BCUT2D eigenvalue weighted by Gasteiger charge is 2.68. The average Bonchev–Trinajstić information content (AvgIpc) is 3.26. The standard InChI is InChI=1S/C29H39BN4O4/c1-18(2)13-25(30-37-24-16-20-15-23(28(20,3)4)29(24,5)38-30)34-26(35)21(14-19-9-7-6-8-10-19)33-27(36)22-17-31-11-12-32-22/h6-12,17-18,20-21,23-25H,13-16H2,1-5H3,(H,33,36)(H,34,35)/t20?,21-,23?,24+,25-,29-/m0/s1. The van der Waals surface area contributed by atoms with Gasteiger partial charge in [0, 0.05) is 18.8 Å². The quantitative estimate of drug-likeness (QED) is 0.492. The first kappa shape index (κ1) is 26.8. The summed E-state index contributed by atoms with van der Waals surface area (Å²) >= 11 is 0. The maximum Gasteiger partial charge on any atom is 0.481 e. The van der Waals surface area contributed by atoms with E-state index in [2.05, 4.69) is 55.2 Å². The molecule has 202 valence electrons. The average molecular weight is 518 g/mol. The Morgan fingerprint density at radius 2 is 1.87 bits per heavy atom. The topological polar surface area (TPSA) is 102 Å². The molecule has 1 aromatic heterocycles. The van der Waals surface area contributed by atoms with Gasteiger partial charge in [0.25, 0.3) is 5.91 Å². The van der Waals surface area contributed by atoms with Gasteiger partial charge >= 0.3 is 7.12 Å². The van der Waals surface area contributed by atoms with Crippen molar-refractivity contribution in [2.24, 2.45) is 23.2 Å². The summed E-state index contributed by atoms with van der Waals surface area (Å²) in [5.74, 6) is 0.359. The molecule has 2 heterocycles. The number of nitrogens with zero attached hydrogens (tertiary/aromatic N) is 2. The minimum atomic E-state index is -0.799. The van der Waals surface area contributed by atoms with Gasteiger partial charge in [-0.1, -0.05) is 58.0 Å². The molecule has 2 unspecified atom stereocenters. The van der Waals surface area contributed by atoms with Crippen molar-refractivity contribution in [3.8, 4) is 0 Å². The van der Waals surface area contributed by atoms with E-state index >= 15 is 0 Å². The summed E-state index contributed by atoms with van der Waals surface area (Å²) in [7, 11) is -0.528. The van der Waals surface area contributed by atoms with Crippen LogP contribution in [-0.4, -0.2) is 52.6 Å². The van der Waals surface area contributed by atoms with E-state index in [4.69, 9.17) is 9.31 Å². The van der Waals surface area contributed by atoms with Crippen LogP contribution < -0.4 is 10.6 Å². The predicted octanol–water partition coefficient (Wildman–Crippen LogP) is 3.62. The third kappa shape index (κ3) is 5.10. The van der Waals surface area contributed by atoms with Gasteiger partial charge < -0.3 is 19.9 Å². The molecule has 2 amide bonds. The van der Waals surface area contributed by atoms with E-state index in [1.807, 2.05) is 30.3 Å². The van der Waals surface area contributed by atoms with Gasteiger partial charge in [-0.25, -0.2) is 4.98 Å². The molecule has 3 saturated carbocycles. The fourth-order valence-electron chi connectivity index (χ4n) is 6.81. The molecule has 9 heteroatoms. The zero-order chi connectivity index (χ0) is 27.1. The van der Waals surface area contributed by atoms with Gasteiger partial charge in [0.05, 0.1) is 23.8 Å². The van der Waals surface area contributed by atoms with E-state index < -0.39 is 19.1 Å². The largest absolute Gasteiger partial charge is 0.481 e. The van der Waals surface area contributed by atoms with E-state index in [1.54, 1.807) is 0 Å². The Kier molecular flexibility index (Phi) is 7.35. The minimum Gasteiger partial charge on any atom is -0.404 e. The lowest BCUT2D eigenvalue weighted by molar-refractivity contribution is -0.199. The van der Waals surface area contributed by atoms with Gasteiger partial charge in [-0.2, -0.15) is 0 Å². The Balaban J connectivity index is 1.34. The highest BCUT2D eigenvalue weighted by atomic mass is 16.7. The van der Waals surface area contributed by atoms with Gasteiger partial charge in [-0.05, 0) is 54.9 Å². The van der Waals surface area contributed by atoms with Crippen molar-refractivity contribution < 1.29 is 18.9 Å². The number of amides is 2. The fourth-order valence-corrected chi connectivity index (χ4v) is 6.81. The first-order valence-electron chi connectivity index (χ1n) is 13.8. The molecule has 2 bridgehead atoms. The molecule has 1 saturated heterocycles. The Morgan fingerprint density at radius 1 is 1.11 bits per heavy atom. The number of benzene rings is 1. The van der Waals surface area contributed by atoms with Crippen LogP contribution in [0.2, 0.25) is 0 Å². The lowest BCUT2D eigenvalue weighted by Gasteiger charge is -2.64. The summed E-state index contributed by atoms with van der Waals surface area (Å²) in [6, 6.07) is 8.87. The maximum absolute atomic E-state index is 13.8. The van der Waals surface area contributed by atoms with Crippen LogP contribution in [0.15, 0.2) is 48.9 Å². The van der Waals surface area contributed by atoms with Crippen LogP contribution >= 0.6 is 0 Å². The molecule has 2 aromatic rings. The van der Waals surface area contributed by atoms with Crippen molar-refractivity contribution in [1.82, 2.24) is 20.6 Å². The second kappa shape index (κ2) is 10.4. The van der Waals surface area contributed by atoms with Crippen molar-refractivity contribution in [2.75, 3.05) is 0 Å². The Labute approximate surface area is 225 Å². The minimum absolute atomic E-state index is 0.0345. The summed E-state index contributed by atoms with van der Waals surface area (Å²) in [5, 5.41) is 6.08. The van der Waals surface area contributed by atoms with Gasteiger partial charge in [0.15, 0.2) is 0 Å². The van der Waals surface area contributed by atoms with Gasteiger partial charge in [0.1, 0.15) is 11.7 Å². The monoisotopic (exact) mass is 518 g/mol. The molecule has 6 atom stereocenters. The highest BCUT2D eigenvalue weighted by molar-refractivity contribution is 6.48. The number of carbonyl (C=O) groups is 2. The fraction of sp³-hybridized carbons (Fsp3) is 0.586. The number of carbonyl (C=O) groups excluding carboxylic acids is 2. The second-order valence-corrected chi connectivity index (χ2v) is 12.4. The molecular formula is C29H39BN4O4. The Morgan fingerprint density at radius 3 is 2.53 bits per heavy atom. The first-order valence-corrected chi connectivity index (χ1v) is 13.8. The summed E-state index contributed by atoms with van der Waals surface area (Å²) in [4.78, 5) is 34.8. The molecule has 1 aliphatic heterocycles. The summed E-state index contributed by atoms with van der Waals surface area (Å²) in [5.41, 5.74) is 0.998. The van der Waals surface area contributed by atoms with Crippen molar-refractivity contribution in [1.29, 1.82) is 0 Å². The normalized spacial score (nSPS) is 28.7. The van der Waals surface area contributed by atoms with Crippen LogP contribution in [0.1, 0.15) is 69.9 Å². The molecular weight excluding hydrogens is 479 g/mol. The lowest BCUT2D eigenvalue weighted by Crippen LogP contribution is -2.65. The maximum atomic E-state index is 13.8. The zero-order valence-corrected chi connectivity index (χ0v) is 23.0. The lowest BCUT2D eigenvalue weighted by atomic mass is 9.43. The number of hydrogen-bond acceptors (Lipinski definition) is 6. The van der Waals surface area contributed by atoms with Gasteiger partial charge in [-0.3, -0.25) is 14.6 Å². The Hall–Kier alpha value is -2.78. The molecule has 1 aromatic carbocycles. The van der Waals surface area contributed by atoms with Crippen LogP contribution in [0, 0.1) is 23.2 Å². The molecule has 38 heavy (non-hydrogen) atoms. The second-order valence-electron chi connectivity index (χ2n) is 12.4. The SMILES string of the molecule is CC(C)C[C@H](NC(=O)[C@H](Cc1ccccc1)NC(=O)c1cnccn1)B1O[C@@H]2CC3CC(C3(C)C)[C@]2(C)O1. The van der Waals surface area contributed by atoms with Crippen molar-refractivity contribution >= 4 is 18.9 Å². The number of rotatable bonds is 9. The summed E-state index contributed by atoms with van der Waals surface area (Å²) in [6.45, 7) is 11.1. The van der Waals surface area contributed by atoms with E-state index in [0.717, 1.165) is 12.0 Å². The molecule has 0 radical (unpaired) electrons. The molecule has 3 aliphatic carbocycles. The molecule has 8 nitrogen and oxygen atoms in total. The van der Waals surface area contributed by atoms with Crippen LogP contribution in [-0.2, 0) is 20.5 Å². The van der Waals surface area contributed by atoms with Gasteiger partial charge in [-0.15, -0.1) is 0 Å². The zero-order valence-electron chi connectivity index (χ0n) is 23.0. The van der Waals surface area contributed by atoms with Crippen molar-refractivity contribution in [3.63, 3.8) is 0 Å². The van der Waals surface area contributed by atoms with Crippen LogP contribution in [0.25, 0.3) is 0 Å². The molecule has 4 fully saturated rings. The summed E-state index contributed by atoms with van der Waals surface area (Å²) < 4.78 is 13.2. The first-order chi connectivity index (χ1) is 18.1. The van der Waals surface area contributed by atoms with E-state index in [0.29, 0.717) is 30.6 Å². The third-order valence-electron chi connectivity index (χ3n) is 9.05. The van der Waals surface area contributed by atoms with Crippen LogP contribution in [0.4, 0.5) is 0 Å². The van der Waals surface area contributed by atoms with Crippen LogP contribution in [0.5, 0.6) is 0 Å². The van der Waals surface area contributed by atoms with E-state index in [-0.39, 0.29) is 34.7 Å². The predicted molar refractivity (Wildman–Crippen MR) is 145 cm³/mol. The summed E-state index contributed by atoms with van der Waals surface area (Å²) in [6.07, 6.45) is 7.60. The van der Waals surface area contributed by atoms with E-state index in [9.17, 15) is 9.59 Å². The van der Waals surface area contributed by atoms with Gasteiger partial charge in [0.2, 0.25) is 5.91 Å². The highest BCUT2D eigenvalue weighted by Crippen LogP contribution is 2.65. The van der Waals surface area contributed by atoms with E-state index in [1.165, 1.54) is 25.0 Å². The molecule has 4 aliphatic rings. The Bertz CT molecular complexity index is 1150. The van der Waals surface area contributed by atoms with Crippen LogP contribution in [0.3, 0.4) is 0 Å². The van der Waals surface area contributed by atoms with Crippen molar-refractivity contribution in [3.05, 3.63) is 60.2 Å². The number of aromatic nitrogens is 2. The molecule has 2 N–H and O–H groups in total. The molecule has 6 rings (SSSR count). The number of hydrogen-bond donors (Lipinski definition) is 2. The third-order valence-corrected chi connectivity index (χ3v) is 9.05. The smallest absolute Gasteiger partial charge is 0.404 e. The molecule has 0 spiro atoms. The van der Waals surface area contributed by atoms with Crippen molar-refractivity contribution in [2.45, 2.75) is 84.0 Å². The number of nitrogens with one attached hydrogen (secondary N) is 2.